The number of carbonyl (C=O) groups is 2. The van der Waals surface area contributed by atoms with Gasteiger partial charge >= 0.3 is 5.97 Å². The molecule has 1 aliphatic rings. The number of nitrogens with zero attached hydrogens (tertiary/aromatic N) is 1. The van der Waals surface area contributed by atoms with E-state index >= 15 is 0 Å². The van der Waals surface area contributed by atoms with Crippen molar-refractivity contribution < 1.29 is 19.4 Å². The second-order valence-corrected chi connectivity index (χ2v) is 5.59. The minimum atomic E-state index is -1.08. The number of carboxylic acids is 1. The third-order valence-electron chi connectivity index (χ3n) is 4.08. The van der Waals surface area contributed by atoms with Crippen LogP contribution in [0.15, 0.2) is 30.5 Å². The molecule has 1 fully saturated rings. The van der Waals surface area contributed by atoms with E-state index in [2.05, 4.69) is 5.32 Å². The molecule has 1 saturated carbocycles. The summed E-state index contributed by atoms with van der Waals surface area (Å²) in [5.41, 5.74) is 0.358. The van der Waals surface area contributed by atoms with Crippen molar-refractivity contribution in [3.8, 4) is 0 Å². The molecule has 1 amide bonds. The quantitative estimate of drug-likeness (QED) is 0.850. The van der Waals surface area contributed by atoms with Crippen LogP contribution in [-0.4, -0.2) is 40.8 Å². The highest BCUT2D eigenvalue weighted by Crippen LogP contribution is 2.36. The predicted octanol–water partition coefficient (Wildman–Crippen LogP) is 1.63. The van der Waals surface area contributed by atoms with E-state index in [1.54, 1.807) is 13.3 Å². The molecule has 0 unspecified atom stereocenters. The molecule has 0 spiro atoms. The molecule has 1 aromatic carbocycles. The van der Waals surface area contributed by atoms with E-state index in [4.69, 9.17) is 4.74 Å². The Morgan fingerprint density at radius 2 is 2.09 bits per heavy atom. The van der Waals surface area contributed by atoms with Crippen LogP contribution in [-0.2, 0) is 16.1 Å². The molecule has 6 nitrogen and oxygen atoms in total. The van der Waals surface area contributed by atoms with Crippen LogP contribution in [0, 0.1) is 0 Å². The van der Waals surface area contributed by atoms with Gasteiger partial charge < -0.3 is 19.7 Å². The number of fused-ring (bicyclic) bond motifs is 1. The molecule has 2 N–H and O–H groups in total. The first-order valence-corrected chi connectivity index (χ1v) is 7.20. The minimum absolute atomic E-state index is 0.340. The van der Waals surface area contributed by atoms with Crippen LogP contribution in [0.5, 0.6) is 0 Å². The number of methoxy groups -OCH3 is 1. The summed E-state index contributed by atoms with van der Waals surface area (Å²) in [5, 5.41) is 12.7. The number of carboxylic acid groups (broad SMARTS) is 1. The van der Waals surface area contributed by atoms with Gasteiger partial charge in [0, 0.05) is 30.8 Å². The summed E-state index contributed by atoms with van der Waals surface area (Å²) >= 11 is 0. The Labute approximate surface area is 127 Å². The van der Waals surface area contributed by atoms with Crippen molar-refractivity contribution in [2.24, 2.45) is 0 Å². The zero-order valence-electron chi connectivity index (χ0n) is 12.3. The first-order valence-electron chi connectivity index (χ1n) is 7.20. The van der Waals surface area contributed by atoms with Crippen LogP contribution >= 0.6 is 0 Å². The Morgan fingerprint density at radius 1 is 1.36 bits per heavy atom. The summed E-state index contributed by atoms with van der Waals surface area (Å²) in [7, 11) is 1.63. The van der Waals surface area contributed by atoms with E-state index < -0.39 is 11.5 Å². The molecular formula is C16H18N2O4. The van der Waals surface area contributed by atoms with Gasteiger partial charge in [0.2, 0.25) is 0 Å². The molecule has 0 aliphatic heterocycles. The number of aliphatic carboxylic acids is 1. The number of aromatic nitrogens is 1. The molecule has 0 radical (unpaired) electrons. The average Bonchev–Trinajstić information content (AvgIpc) is 3.20. The normalized spacial score (nSPS) is 15.7. The molecule has 2 aromatic rings. The summed E-state index contributed by atoms with van der Waals surface area (Å²) in [6.45, 7) is 1.17. The highest BCUT2D eigenvalue weighted by Gasteiger charge is 2.51. The molecule has 1 aliphatic carbocycles. The van der Waals surface area contributed by atoms with E-state index in [1.165, 1.54) is 0 Å². The van der Waals surface area contributed by atoms with Crippen LogP contribution in [0.25, 0.3) is 10.9 Å². The molecule has 116 valence electrons. The van der Waals surface area contributed by atoms with Gasteiger partial charge in [-0.3, -0.25) is 4.79 Å². The molecule has 3 rings (SSSR count). The number of benzene rings is 1. The number of nitrogens with one attached hydrogen (secondary N) is 1. The maximum atomic E-state index is 12.5. The number of hydrogen-bond acceptors (Lipinski definition) is 3. The van der Waals surface area contributed by atoms with Crippen molar-refractivity contribution in [1.82, 2.24) is 9.88 Å². The van der Waals surface area contributed by atoms with Crippen LogP contribution in [0.4, 0.5) is 0 Å². The molecule has 0 bridgehead atoms. The van der Waals surface area contributed by atoms with Crippen molar-refractivity contribution in [2.75, 3.05) is 13.7 Å². The zero-order valence-corrected chi connectivity index (χ0v) is 12.3. The highest BCUT2D eigenvalue weighted by molar-refractivity contribution is 6.08. The number of amides is 1. The molecule has 1 aromatic heterocycles. The Bertz CT molecular complexity index is 731. The molecule has 0 saturated heterocycles. The van der Waals surface area contributed by atoms with Gasteiger partial charge in [-0.1, -0.05) is 18.2 Å². The van der Waals surface area contributed by atoms with Crippen molar-refractivity contribution >= 4 is 22.8 Å². The highest BCUT2D eigenvalue weighted by atomic mass is 16.5. The monoisotopic (exact) mass is 302 g/mol. The van der Waals surface area contributed by atoms with E-state index in [0.29, 0.717) is 31.6 Å². The SMILES string of the molecule is COCCn1cc(C(=O)NC2(C(=O)O)CC2)c2ccccc21. The average molecular weight is 302 g/mol. The van der Waals surface area contributed by atoms with Crippen LogP contribution in [0.2, 0.25) is 0 Å². The van der Waals surface area contributed by atoms with Crippen LogP contribution in [0.3, 0.4) is 0 Å². The van der Waals surface area contributed by atoms with E-state index in [9.17, 15) is 14.7 Å². The van der Waals surface area contributed by atoms with Gasteiger partial charge in [-0.05, 0) is 18.9 Å². The first kappa shape index (κ1) is 14.6. The number of carbonyl (C=O) groups excluding carboxylic acids is 1. The summed E-state index contributed by atoms with van der Waals surface area (Å²) in [6.07, 6.45) is 2.73. The lowest BCUT2D eigenvalue weighted by molar-refractivity contribution is -0.140. The van der Waals surface area contributed by atoms with Crippen molar-refractivity contribution in [3.05, 3.63) is 36.0 Å². The topological polar surface area (TPSA) is 80.6 Å². The largest absolute Gasteiger partial charge is 0.480 e. The number of hydrogen-bond donors (Lipinski definition) is 2. The Morgan fingerprint density at radius 3 is 2.73 bits per heavy atom. The van der Waals surface area contributed by atoms with Crippen molar-refractivity contribution in [3.63, 3.8) is 0 Å². The predicted molar refractivity (Wildman–Crippen MR) is 80.9 cm³/mol. The molecule has 22 heavy (non-hydrogen) atoms. The maximum Gasteiger partial charge on any atom is 0.329 e. The third-order valence-corrected chi connectivity index (χ3v) is 4.08. The van der Waals surface area contributed by atoms with E-state index in [0.717, 1.165) is 10.9 Å². The molecule has 6 heteroatoms. The van der Waals surface area contributed by atoms with Crippen LogP contribution < -0.4 is 5.32 Å². The Balaban J connectivity index is 1.93. The van der Waals surface area contributed by atoms with Crippen LogP contribution in [0.1, 0.15) is 23.2 Å². The lowest BCUT2D eigenvalue weighted by Crippen LogP contribution is -2.43. The fourth-order valence-electron chi connectivity index (χ4n) is 2.60. The molecule has 0 atom stereocenters. The van der Waals surface area contributed by atoms with Crippen molar-refractivity contribution in [2.45, 2.75) is 24.9 Å². The lowest BCUT2D eigenvalue weighted by atomic mass is 10.1. The van der Waals surface area contributed by atoms with Gasteiger partial charge in [0.25, 0.3) is 5.91 Å². The fourth-order valence-corrected chi connectivity index (χ4v) is 2.60. The Hall–Kier alpha value is -2.34. The molecule has 1 heterocycles. The fraction of sp³-hybridized carbons (Fsp3) is 0.375. The molecular weight excluding hydrogens is 284 g/mol. The van der Waals surface area contributed by atoms with Crippen molar-refractivity contribution in [1.29, 1.82) is 0 Å². The van der Waals surface area contributed by atoms with Gasteiger partial charge in [-0.15, -0.1) is 0 Å². The smallest absolute Gasteiger partial charge is 0.329 e. The summed E-state index contributed by atoms with van der Waals surface area (Å²) < 4.78 is 7.04. The van der Waals surface area contributed by atoms with Gasteiger partial charge in [-0.25, -0.2) is 4.79 Å². The summed E-state index contributed by atoms with van der Waals surface area (Å²) in [6, 6.07) is 7.58. The van der Waals surface area contributed by atoms with Gasteiger partial charge in [0.05, 0.1) is 12.2 Å². The number of para-hydroxylation sites is 1. The maximum absolute atomic E-state index is 12.5. The third kappa shape index (κ3) is 2.46. The van der Waals surface area contributed by atoms with E-state index in [-0.39, 0.29) is 5.91 Å². The number of rotatable bonds is 6. The van der Waals surface area contributed by atoms with Gasteiger partial charge in [0.15, 0.2) is 0 Å². The summed E-state index contributed by atoms with van der Waals surface area (Å²) in [4.78, 5) is 23.7. The first-order chi connectivity index (χ1) is 10.6. The second kappa shape index (κ2) is 5.46. The second-order valence-electron chi connectivity index (χ2n) is 5.59. The minimum Gasteiger partial charge on any atom is -0.480 e. The van der Waals surface area contributed by atoms with Gasteiger partial charge in [0.1, 0.15) is 5.54 Å². The van der Waals surface area contributed by atoms with Gasteiger partial charge in [-0.2, -0.15) is 0 Å². The zero-order chi connectivity index (χ0) is 15.7. The summed E-state index contributed by atoms with van der Waals surface area (Å²) in [5.74, 6) is -1.31. The lowest BCUT2D eigenvalue weighted by Gasteiger charge is -2.11. The van der Waals surface area contributed by atoms with E-state index in [1.807, 2.05) is 28.8 Å². The number of ether oxygens (including phenoxy) is 1. The Kier molecular flexibility index (Phi) is 3.62. The standard InChI is InChI=1S/C16H18N2O4/c1-22-9-8-18-10-12(11-4-2-3-5-13(11)18)14(19)17-16(6-7-16)15(20)21/h2-5,10H,6-9H2,1H3,(H,17,19)(H,20,21).